The van der Waals surface area contributed by atoms with E-state index < -0.39 is 29.6 Å². The van der Waals surface area contributed by atoms with Crippen LogP contribution in [0.4, 0.5) is 10.5 Å². The summed E-state index contributed by atoms with van der Waals surface area (Å²) >= 11 is 8.60. The molecule has 1 aliphatic heterocycles. The molecule has 0 aromatic heterocycles. The molecule has 0 spiro atoms. The number of benzene rings is 2. The van der Waals surface area contributed by atoms with Gasteiger partial charge in [0, 0.05) is 5.69 Å². The van der Waals surface area contributed by atoms with Crippen molar-refractivity contribution in [2.24, 2.45) is 0 Å². The van der Waals surface area contributed by atoms with E-state index in [2.05, 4.69) is 10.1 Å². The minimum atomic E-state index is -0.673. The van der Waals surface area contributed by atoms with E-state index in [9.17, 15) is 24.3 Å². The van der Waals surface area contributed by atoms with E-state index in [4.69, 9.17) is 16.3 Å². The Labute approximate surface area is 217 Å². The molecule has 3 amide bonds. The van der Waals surface area contributed by atoms with Crippen LogP contribution in [0.25, 0.3) is 6.08 Å². The van der Waals surface area contributed by atoms with Gasteiger partial charge in [-0.2, -0.15) is 0 Å². The number of nitrogens with one attached hydrogen (secondary N) is 1. The van der Waals surface area contributed by atoms with Gasteiger partial charge in [0.25, 0.3) is 11.1 Å². The van der Waals surface area contributed by atoms with Crippen molar-refractivity contribution >= 4 is 80.7 Å². The molecule has 12 heteroatoms. The van der Waals surface area contributed by atoms with E-state index in [1.165, 1.54) is 31.4 Å². The number of halogens is 2. The number of ether oxygens (including phenoxy) is 2. The molecular weight excluding hydrogens is 599 g/mol. The second-order valence-corrected chi connectivity index (χ2v) is 9.35. The Bertz CT molecular complexity index is 1220. The third-order valence-electron chi connectivity index (χ3n) is 4.48. The van der Waals surface area contributed by atoms with Crippen molar-refractivity contribution < 1.29 is 33.8 Å². The summed E-state index contributed by atoms with van der Waals surface area (Å²) < 4.78 is 10.6. The zero-order chi connectivity index (χ0) is 25.0. The standard InChI is InChI=1S/C22H18ClIN2O7S/c1-3-33-16-7-11(6-15(24)19(16)28)8-17-20(29)26(22(31)34-17)10-18(27)25-12-4-5-14(23)13(9-12)21(30)32-2/h4-9,28H,3,10H2,1-2H3,(H,25,27)/b17-8+. The van der Waals surface area contributed by atoms with Gasteiger partial charge in [-0.15, -0.1) is 0 Å². The normalized spacial score (nSPS) is 14.5. The van der Waals surface area contributed by atoms with Gasteiger partial charge in [-0.05, 0) is 83.2 Å². The summed E-state index contributed by atoms with van der Waals surface area (Å²) in [5.41, 5.74) is 0.863. The van der Waals surface area contributed by atoms with Crippen LogP contribution in [0.3, 0.4) is 0 Å². The Morgan fingerprint density at radius 1 is 1.26 bits per heavy atom. The summed E-state index contributed by atoms with van der Waals surface area (Å²) in [5.74, 6) is -1.69. The molecule has 178 valence electrons. The van der Waals surface area contributed by atoms with Crippen LogP contribution in [-0.2, 0) is 14.3 Å². The third-order valence-corrected chi connectivity index (χ3v) is 6.54. The predicted octanol–water partition coefficient (Wildman–Crippen LogP) is 4.51. The van der Waals surface area contributed by atoms with Crippen molar-refractivity contribution in [2.75, 3.05) is 25.6 Å². The molecular formula is C22H18ClIN2O7S. The fourth-order valence-electron chi connectivity index (χ4n) is 2.94. The number of amides is 3. The first-order chi connectivity index (χ1) is 16.1. The van der Waals surface area contributed by atoms with Gasteiger partial charge in [0.05, 0.1) is 32.8 Å². The maximum absolute atomic E-state index is 12.8. The average Bonchev–Trinajstić information content (AvgIpc) is 3.05. The number of esters is 1. The SMILES string of the molecule is CCOc1cc(/C=C2/SC(=O)N(CC(=O)Nc3ccc(Cl)c(C(=O)OC)c3)C2=O)cc(I)c1O. The quantitative estimate of drug-likeness (QED) is 0.265. The van der Waals surface area contributed by atoms with E-state index in [0.29, 0.717) is 27.5 Å². The second kappa shape index (κ2) is 11.1. The molecule has 9 nitrogen and oxygen atoms in total. The minimum absolute atomic E-state index is 0.0121. The molecule has 1 heterocycles. The molecule has 0 aliphatic carbocycles. The summed E-state index contributed by atoms with van der Waals surface area (Å²) in [4.78, 5) is 50.4. The maximum Gasteiger partial charge on any atom is 0.339 e. The van der Waals surface area contributed by atoms with Crippen molar-refractivity contribution in [1.82, 2.24) is 4.90 Å². The van der Waals surface area contributed by atoms with Crippen molar-refractivity contribution in [3.05, 3.63) is 55.0 Å². The molecule has 34 heavy (non-hydrogen) atoms. The van der Waals surface area contributed by atoms with Gasteiger partial charge in [-0.25, -0.2) is 4.79 Å². The molecule has 0 unspecified atom stereocenters. The summed E-state index contributed by atoms with van der Waals surface area (Å²) in [6.45, 7) is 1.60. The number of carbonyl (C=O) groups is 4. The number of nitrogens with zero attached hydrogens (tertiary/aromatic N) is 1. The van der Waals surface area contributed by atoms with E-state index in [0.717, 1.165) is 4.90 Å². The minimum Gasteiger partial charge on any atom is -0.504 e. The number of aromatic hydroxyl groups is 1. The van der Waals surface area contributed by atoms with Crippen LogP contribution in [0, 0.1) is 3.57 Å². The first-order valence-corrected chi connectivity index (χ1v) is 12.0. The number of methoxy groups -OCH3 is 1. The number of phenolic OH excluding ortho intramolecular Hbond substituents is 1. The lowest BCUT2D eigenvalue weighted by Crippen LogP contribution is -2.36. The van der Waals surface area contributed by atoms with Gasteiger partial charge in [-0.1, -0.05) is 11.6 Å². The lowest BCUT2D eigenvalue weighted by atomic mass is 10.2. The molecule has 1 aliphatic rings. The van der Waals surface area contributed by atoms with Crippen LogP contribution >= 0.6 is 46.0 Å². The van der Waals surface area contributed by atoms with Gasteiger partial charge in [0.2, 0.25) is 5.91 Å². The molecule has 0 radical (unpaired) electrons. The number of anilines is 1. The van der Waals surface area contributed by atoms with Crippen molar-refractivity contribution in [2.45, 2.75) is 6.92 Å². The first kappa shape index (κ1) is 25.8. The zero-order valence-corrected chi connectivity index (χ0v) is 21.6. The number of hydrogen-bond donors (Lipinski definition) is 2. The van der Waals surface area contributed by atoms with Crippen LogP contribution < -0.4 is 10.1 Å². The van der Waals surface area contributed by atoms with Crippen LogP contribution in [0.15, 0.2) is 35.2 Å². The number of carbonyl (C=O) groups excluding carboxylic acids is 4. The largest absolute Gasteiger partial charge is 0.504 e. The summed E-state index contributed by atoms with van der Waals surface area (Å²) in [6.07, 6.45) is 1.49. The number of hydrogen-bond acceptors (Lipinski definition) is 8. The highest BCUT2D eigenvalue weighted by molar-refractivity contribution is 14.1. The smallest absolute Gasteiger partial charge is 0.339 e. The van der Waals surface area contributed by atoms with Crippen LogP contribution in [0.2, 0.25) is 5.02 Å². The van der Waals surface area contributed by atoms with Crippen LogP contribution in [-0.4, -0.2) is 53.3 Å². The van der Waals surface area contributed by atoms with E-state index in [1.54, 1.807) is 19.1 Å². The Hall–Kier alpha value is -2.77. The monoisotopic (exact) mass is 616 g/mol. The molecule has 3 rings (SSSR count). The maximum atomic E-state index is 12.8. The third kappa shape index (κ3) is 5.83. The Morgan fingerprint density at radius 2 is 2.00 bits per heavy atom. The van der Waals surface area contributed by atoms with Crippen molar-refractivity contribution in [1.29, 1.82) is 0 Å². The van der Waals surface area contributed by atoms with Crippen molar-refractivity contribution in [3.8, 4) is 11.5 Å². The fraction of sp³-hybridized carbons (Fsp3) is 0.182. The molecule has 1 fully saturated rings. The molecule has 0 bridgehead atoms. The van der Waals surface area contributed by atoms with Gasteiger partial charge in [0.15, 0.2) is 11.5 Å². The van der Waals surface area contributed by atoms with Crippen LogP contribution in [0.5, 0.6) is 11.5 Å². The van der Waals surface area contributed by atoms with Crippen LogP contribution in [0.1, 0.15) is 22.8 Å². The molecule has 2 aromatic carbocycles. The summed E-state index contributed by atoms with van der Waals surface area (Å²) in [6, 6.07) is 7.42. The topological polar surface area (TPSA) is 122 Å². The average molecular weight is 617 g/mol. The summed E-state index contributed by atoms with van der Waals surface area (Å²) in [5, 5.41) is 12.2. The van der Waals surface area contributed by atoms with Gasteiger partial charge < -0.3 is 19.9 Å². The molecule has 0 saturated carbocycles. The molecule has 1 saturated heterocycles. The molecule has 2 aromatic rings. The fourth-order valence-corrected chi connectivity index (χ4v) is 4.60. The van der Waals surface area contributed by atoms with Crippen molar-refractivity contribution in [3.63, 3.8) is 0 Å². The Kier molecular flexibility index (Phi) is 8.44. The number of imide groups is 1. The Morgan fingerprint density at radius 3 is 2.68 bits per heavy atom. The molecule has 2 N–H and O–H groups in total. The highest BCUT2D eigenvalue weighted by Crippen LogP contribution is 2.36. The highest BCUT2D eigenvalue weighted by Gasteiger charge is 2.36. The van der Waals surface area contributed by atoms with Gasteiger partial charge in [-0.3, -0.25) is 19.3 Å². The molecule has 0 atom stereocenters. The second-order valence-electron chi connectivity index (χ2n) is 6.78. The van der Waals surface area contributed by atoms with E-state index in [1.807, 2.05) is 22.6 Å². The van der Waals surface area contributed by atoms with Gasteiger partial charge >= 0.3 is 5.97 Å². The van der Waals surface area contributed by atoms with E-state index >= 15 is 0 Å². The first-order valence-electron chi connectivity index (χ1n) is 9.73. The van der Waals surface area contributed by atoms with Gasteiger partial charge in [0.1, 0.15) is 6.54 Å². The number of rotatable bonds is 7. The van der Waals surface area contributed by atoms with E-state index in [-0.39, 0.29) is 32.7 Å². The predicted molar refractivity (Wildman–Crippen MR) is 136 cm³/mol. The lowest BCUT2D eigenvalue weighted by Gasteiger charge is -2.13. The number of thioether (sulfide) groups is 1. The number of phenols is 1. The summed E-state index contributed by atoms with van der Waals surface area (Å²) in [7, 11) is 1.20. The zero-order valence-electron chi connectivity index (χ0n) is 17.9. The highest BCUT2D eigenvalue weighted by atomic mass is 127. The lowest BCUT2D eigenvalue weighted by molar-refractivity contribution is -0.127. The Balaban J connectivity index is 1.74.